The van der Waals surface area contributed by atoms with E-state index in [1.807, 2.05) is 0 Å². The molecule has 0 aliphatic heterocycles. The molecule has 1 atom stereocenters. The van der Waals surface area contributed by atoms with Crippen molar-refractivity contribution >= 4 is 0 Å². The lowest BCUT2D eigenvalue weighted by Crippen LogP contribution is -2.19. The minimum absolute atomic E-state index is 0.211. The molecule has 0 nitrogen and oxygen atoms in total. The van der Waals surface area contributed by atoms with Gasteiger partial charge in [-0.05, 0) is 66.3 Å². The zero-order valence-corrected chi connectivity index (χ0v) is 18.0. The van der Waals surface area contributed by atoms with Crippen molar-refractivity contribution in [2.75, 3.05) is 0 Å². The summed E-state index contributed by atoms with van der Waals surface area (Å²) in [6, 6.07) is 28.5. The molecule has 0 heteroatoms. The second-order valence-corrected chi connectivity index (χ2v) is 8.59. The van der Waals surface area contributed by atoms with Gasteiger partial charge in [-0.2, -0.15) is 0 Å². The van der Waals surface area contributed by atoms with Crippen LogP contribution < -0.4 is 0 Å². The van der Waals surface area contributed by atoms with Crippen LogP contribution in [0.25, 0.3) is 0 Å². The standard InChI is InChI=1S/C29H32/c1-5-29(4,28-18-16-27(17-19-28)23(2)3)20-10-15-25-13-9-14-26(22-25)21-24-11-7-6-8-12-24/h1,6-9,11-14,16-19,22-23H,10,15,20-21H2,2-4H3. The lowest BCUT2D eigenvalue weighted by Gasteiger charge is -2.25. The minimum Gasteiger partial charge on any atom is -0.119 e. The zero-order chi connectivity index (χ0) is 20.7. The maximum atomic E-state index is 5.98. The number of benzene rings is 3. The van der Waals surface area contributed by atoms with Crippen LogP contribution in [-0.2, 0) is 18.3 Å². The van der Waals surface area contributed by atoms with Gasteiger partial charge in [-0.25, -0.2) is 0 Å². The molecule has 3 aromatic rings. The summed E-state index contributed by atoms with van der Waals surface area (Å²) in [5, 5.41) is 0. The van der Waals surface area contributed by atoms with Crippen LogP contribution in [-0.4, -0.2) is 0 Å². The predicted molar refractivity (Wildman–Crippen MR) is 125 cm³/mol. The molecule has 29 heavy (non-hydrogen) atoms. The van der Waals surface area contributed by atoms with Crippen molar-refractivity contribution < 1.29 is 0 Å². The summed E-state index contributed by atoms with van der Waals surface area (Å²) in [6.45, 7) is 6.64. The topological polar surface area (TPSA) is 0 Å². The summed E-state index contributed by atoms with van der Waals surface area (Å²) in [5.41, 5.74) is 6.53. The summed E-state index contributed by atoms with van der Waals surface area (Å²) in [5.74, 6) is 3.62. The van der Waals surface area contributed by atoms with Crippen molar-refractivity contribution in [1.82, 2.24) is 0 Å². The molecule has 0 N–H and O–H groups in total. The van der Waals surface area contributed by atoms with E-state index in [1.165, 1.54) is 27.8 Å². The van der Waals surface area contributed by atoms with Crippen LogP contribution >= 0.6 is 0 Å². The highest BCUT2D eigenvalue weighted by molar-refractivity contribution is 5.36. The molecule has 0 saturated heterocycles. The van der Waals surface area contributed by atoms with Crippen molar-refractivity contribution in [2.45, 2.75) is 57.8 Å². The van der Waals surface area contributed by atoms with Gasteiger partial charge >= 0.3 is 0 Å². The SMILES string of the molecule is C#CC(C)(CCCc1cccc(Cc2ccccc2)c1)c1ccc(C(C)C)cc1. The first-order chi connectivity index (χ1) is 14.0. The molecular formula is C29H32. The van der Waals surface area contributed by atoms with Crippen LogP contribution in [0, 0.1) is 12.3 Å². The molecule has 0 saturated carbocycles. The average Bonchev–Trinajstić information content (AvgIpc) is 2.74. The fraction of sp³-hybridized carbons (Fsp3) is 0.310. The lowest BCUT2D eigenvalue weighted by molar-refractivity contribution is 0.533. The Morgan fingerprint density at radius 1 is 0.828 bits per heavy atom. The number of aryl methyl sites for hydroxylation is 1. The molecule has 0 amide bonds. The first-order valence-corrected chi connectivity index (χ1v) is 10.7. The Morgan fingerprint density at radius 2 is 1.48 bits per heavy atom. The third-order valence-electron chi connectivity index (χ3n) is 5.92. The molecule has 0 aliphatic rings. The minimum atomic E-state index is -0.211. The van der Waals surface area contributed by atoms with E-state index in [9.17, 15) is 0 Å². The van der Waals surface area contributed by atoms with Crippen molar-refractivity contribution in [2.24, 2.45) is 0 Å². The molecule has 0 fully saturated rings. The molecule has 3 aromatic carbocycles. The molecule has 1 unspecified atom stereocenters. The Labute approximate surface area is 177 Å². The van der Waals surface area contributed by atoms with Crippen LogP contribution in [0.15, 0.2) is 78.9 Å². The Bertz CT molecular complexity index is 941. The maximum absolute atomic E-state index is 5.98. The fourth-order valence-corrected chi connectivity index (χ4v) is 3.91. The van der Waals surface area contributed by atoms with Gasteiger partial charge in [-0.15, -0.1) is 6.42 Å². The van der Waals surface area contributed by atoms with E-state index in [4.69, 9.17) is 6.42 Å². The van der Waals surface area contributed by atoms with Gasteiger partial charge < -0.3 is 0 Å². The van der Waals surface area contributed by atoms with Crippen LogP contribution in [0.1, 0.15) is 67.3 Å². The molecule has 3 rings (SSSR count). The smallest absolute Gasteiger partial charge is 0.0532 e. The first kappa shape index (κ1) is 20.9. The van der Waals surface area contributed by atoms with E-state index >= 15 is 0 Å². The normalized spacial score (nSPS) is 13.1. The van der Waals surface area contributed by atoms with E-state index in [2.05, 4.69) is 106 Å². The molecule has 0 spiro atoms. The predicted octanol–water partition coefficient (Wildman–Crippen LogP) is 7.31. The molecular weight excluding hydrogens is 348 g/mol. The Kier molecular flexibility index (Phi) is 6.95. The van der Waals surface area contributed by atoms with Crippen molar-refractivity contribution in [3.05, 3.63) is 107 Å². The molecule has 0 bridgehead atoms. The Morgan fingerprint density at radius 3 is 2.14 bits per heavy atom. The molecule has 148 valence electrons. The summed E-state index contributed by atoms with van der Waals surface area (Å²) in [7, 11) is 0. The Hall–Kier alpha value is -2.78. The third kappa shape index (κ3) is 5.61. The van der Waals surface area contributed by atoms with Crippen LogP contribution in [0.5, 0.6) is 0 Å². The van der Waals surface area contributed by atoms with E-state index in [-0.39, 0.29) is 5.41 Å². The quantitative estimate of drug-likeness (QED) is 0.359. The second-order valence-electron chi connectivity index (χ2n) is 8.59. The lowest BCUT2D eigenvalue weighted by atomic mass is 9.78. The highest BCUT2D eigenvalue weighted by atomic mass is 14.3. The van der Waals surface area contributed by atoms with Gasteiger partial charge in [0.1, 0.15) is 0 Å². The van der Waals surface area contributed by atoms with E-state index in [1.54, 1.807) is 0 Å². The highest BCUT2D eigenvalue weighted by Gasteiger charge is 2.23. The fourth-order valence-electron chi connectivity index (χ4n) is 3.91. The summed E-state index contributed by atoms with van der Waals surface area (Å²) >= 11 is 0. The van der Waals surface area contributed by atoms with E-state index in [0.29, 0.717) is 5.92 Å². The summed E-state index contributed by atoms with van der Waals surface area (Å²) in [6.07, 6.45) is 10.1. The van der Waals surface area contributed by atoms with E-state index in [0.717, 1.165) is 25.7 Å². The zero-order valence-electron chi connectivity index (χ0n) is 18.0. The Balaban J connectivity index is 1.62. The van der Waals surface area contributed by atoms with Crippen molar-refractivity contribution in [3.8, 4) is 12.3 Å². The number of hydrogen-bond acceptors (Lipinski definition) is 0. The van der Waals surface area contributed by atoms with Crippen molar-refractivity contribution in [3.63, 3.8) is 0 Å². The van der Waals surface area contributed by atoms with Crippen LogP contribution in [0.3, 0.4) is 0 Å². The van der Waals surface area contributed by atoms with Crippen LogP contribution in [0.2, 0.25) is 0 Å². The molecule has 0 aliphatic carbocycles. The molecule has 0 aromatic heterocycles. The largest absolute Gasteiger partial charge is 0.119 e. The molecule has 0 radical (unpaired) electrons. The van der Waals surface area contributed by atoms with Gasteiger partial charge in [0.25, 0.3) is 0 Å². The number of rotatable bonds is 8. The van der Waals surface area contributed by atoms with Gasteiger partial charge in [0.2, 0.25) is 0 Å². The molecule has 0 heterocycles. The van der Waals surface area contributed by atoms with E-state index < -0.39 is 0 Å². The first-order valence-electron chi connectivity index (χ1n) is 10.7. The highest BCUT2D eigenvalue weighted by Crippen LogP contribution is 2.30. The summed E-state index contributed by atoms with van der Waals surface area (Å²) in [4.78, 5) is 0. The monoisotopic (exact) mass is 380 g/mol. The van der Waals surface area contributed by atoms with Gasteiger partial charge in [0.05, 0.1) is 5.41 Å². The average molecular weight is 381 g/mol. The number of hydrogen-bond donors (Lipinski definition) is 0. The third-order valence-corrected chi connectivity index (χ3v) is 5.92. The second kappa shape index (κ2) is 9.62. The van der Waals surface area contributed by atoms with Gasteiger partial charge in [-0.1, -0.05) is 98.6 Å². The van der Waals surface area contributed by atoms with Crippen molar-refractivity contribution in [1.29, 1.82) is 0 Å². The van der Waals surface area contributed by atoms with Gasteiger partial charge in [-0.3, -0.25) is 0 Å². The van der Waals surface area contributed by atoms with Gasteiger partial charge in [0, 0.05) is 0 Å². The maximum Gasteiger partial charge on any atom is 0.0532 e. The number of terminal acetylenes is 1. The summed E-state index contributed by atoms with van der Waals surface area (Å²) < 4.78 is 0. The van der Waals surface area contributed by atoms with Crippen LogP contribution in [0.4, 0.5) is 0 Å². The van der Waals surface area contributed by atoms with Gasteiger partial charge in [0.15, 0.2) is 0 Å².